The first-order valence-electron chi connectivity index (χ1n) is 10.5. The quantitative estimate of drug-likeness (QED) is 0.375. The summed E-state index contributed by atoms with van der Waals surface area (Å²) in [7, 11) is 0. The highest BCUT2D eigenvalue weighted by molar-refractivity contribution is 6.18. The van der Waals surface area contributed by atoms with Crippen LogP contribution in [0.4, 0.5) is 10.5 Å². The van der Waals surface area contributed by atoms with Crippen molar-refractivity contribution in [1.82, 2.24) is 5.32 Å². The molecule has 0 saturated carbocycles. The molecule has 1 atom stereocenters. The van der Waals surface area contributed by atoms with Crippen LogP contribution in [0.1, 0.15) is 53.5 Å². The molecule has 0 unspecified atom stereocenters. The average Bonchev–Trinajstić information content (AvgIpc) is 2.58. The lowest BCUT2D eigenvalue weighted by atomic mass is 10.0. The van der Waals surface area contributed by atoms with Gasteiger partial charge in [0, 0.05) is 36.6 Å². The minimum atomic E-state index is -0.635. The van der Waals surface area contributed by atoms with Crippen LogP contribution in [0, 0.1) is 0 Å². The fraction of sp³-hybridized carbons (Fsp3) is 0.652. The summed E-state index contributed by atoms with van der Waals surface area (Å²) in [6.07, 6.45) is -0.0847. The number of anilines is 1. The number of benzene rings is 1. The lowest BCUT2D eigenvalue weighted by Crippen LogP contribution is -2.42. The van der Waals surface area contributed by atoms with E-state index in [1.54, 1.807) is 20.8 Å². The van der Waals surface area contributed by atoms with Crippen molar-refractivity contribution in [2.24, 2.45) is 0 Å². The number of alkyl halides is 2. The van der Waals surface area contributed by atoms with E-state index in [9.17, 15) is 9.59 Å². The molecule has 0 radical (unpaired) electrons. The molecule has 0 spiro atoms. The third-order valence-corrected chi connectivity index (χ3v) is 4.36. The maximum atomic E-state index is 12.4. The molecule has 0 aliphatic heterocycles. The van der Waals surface area contributed by atoms with Crippen molar-refractivity contribution in [2.75, 3.05) is 29.7 Å². The molecule has 0 bridgehead atoms. The van der Waals surface area contributed by atoms with Crippen LogP contribution in [0.25, 0.3) is 0 Å². The number of rotatable bonds is 10. The Morgan fingerprint density at radius 1 is 1.00 bits per heavy atom. The van der Waals surface area contributed by atoms with E-state index in [0.29, 0.717) is 31.3 Å². The normalized spacial score (nSPS) is 12.8. The summed E-state index contributed by atoms with van der Waals surface area (Å²) in [6.45, 7) is 12.2. The number of hydrogen-bond acceptors (Lipinski definition) is 5. The van der Waals surface area contributed by atoms with Gasteiger partial charge in [-0.3, -0.25) is 4.79 Å². The van der Waals surface area contributed by atoms with Crippen LogP contribution in [-0.2, 0) is 20.7 Å². The summed E-state index contributed by atoms with van der Waals surface area (Å²) < 4.78 is 10.8. The molecule has 1 rings (SSSR count). The topological polar surface area (TPSA) is 67.9 Å². The molecule has 1 N–H and O–H groups in total. The Balaban J connectivity index is 3.01. The van der Waals surface area contributed by atoms with E-state index in [2.05, 4.69) is 10.2 Å². The monoisotopic (exact) mass is 474 g/mol. The van der Waals surface area contributed by atoms with Crippen molar-refractivity contribution in [3.63, 3.8) is 0 Å². The lowest BCUT2D eigenvalue weighted by Gasteiger charge is -2.26. The average molecular weight is 475 g/mol. The third kappa shape index (κ3) is 12.1. The molecule has 1 aromatic carbocycles. The first-order valence-corrected chi connectivity index (χ1v) is 11.6. The van der Waals surface area contributed by atoms with Crippen LogP contribution >= 0.6 is 23.2 Å². The van der Waals surface area contributed by atoms with E-state index in [0.717, 1.165) is 11.3 Å². The number of halogens is 2. The predicted octanol–water partition coefficient (Wildman–Crippen LogP) is 5.14. The summed E-state index contributed by atoms with van der Waals surface area (Å²) in [4.78, 5) is 26.9. The number of hydrogen-bond donors (Lipinski definition) is 1. The largest absolute Gasteiger partial charge is 0.460 e. The zero-order valence-electron chi connectivity index (χ0n) is 19.5. The van der Waals surface area contributed by atoms with Crippen LogP contribution in [0.5, 0.6) is 0 Å². The first kappa shape index (κ1) is 27.4. The number of nitrogens with zero attached hydrogens (tertiary/aromatic N) is 1. The molecule has 176 valence electrons. The number of amides is 1. The number of nitrogens with one attached hydrogen (secondary N) is 1. The zero-order chi connectivity index (χ0) is 23.7. The molecular weight excluding hydrogens is 439 g/mol. The van der Waals surface area contributed by atoms with Crippen molar-refractivity contribution in [2.45, 2.75) is 71.6 Å². The van der Waals surface area contributed by atoms with Gasteiger partial charge >= 0.3 is 12.1 Å². The second kappa shape index (κ2) is 12.4. The van der Waals surface area contributed by atoms with E-state index >= 15 is 0 Å². The third-order valence-electron chi connectivity index (χ3n) is 4.02. The van der Waals surface area contributed by atoms with Crippen LogP contribution in [0.3, 0.4) is 0 Å². The molecule has 8 heteroatoms. The van der Waals surface area contributed by atoms with Gasteiger partial charge in [-0.05, 0) is 65.7 Å². The molecule has 1 aromatic rings. The molecule has 0 fully saturated rings. The summed E-state index contributed by atoms with van der Waals surface area (Å²) in [5.74, 6) is 0.598. The lowest BCUT2D eigenvalue weighted by molar-refractivity contribution is -0.155. The molecule has 1 amide bonds. The van der Waals surface area contributed by atoms with E-state index in [1.165, 1.54) is 0 Å². The van der Waals surface area contributed by atoms with Gasteiger partial charge in [-0.25, -0.2) is 4.79 Å². The Hall–Kier alpha value is -1.66. The highest BCUT2D eigenvalue weighted by Gasteiger charge is 2.24. The number of ether oxygens (including phenoxy) is 2. The van der Waals surface area contributed by atoms with Gasteiger partial charge in [-0.15, -0.1) is 23.2 Å². The Morgan fingerprint density at radius 3 is 2.10 bits per heavy atom. The van der Waals surface area contributed by atoms with Crippen LogP contribution < -0.4 is 10.2 Å². The number of esters is 1. The maximum absolute atomic E-state index is 12.4. The Kier molecular flexibility index (Phi) is 10.9. The minimum absolute atomic E-state index is 0.0355. The van der Waals surface area contributed by atoms with Gasteiger partial charge in [-0.2, -0.15) is 0 Å². The summed E-state index contributed by atoms with van der Waals surface area (Å²) in [6, 6.07) is 7.44. The highest BCUT2D eigenvalue weighted by Crippen LogP contribution is 2.19. The number of carbonyl (C=O) groups excluding carboxylic acids is 2. The van der Waals surface area contributed by atoms with E-state index in [1.807, 2.05) is 45.0 Å². The molecule has 0 aliphatic rings. The molecular formula is C23H36Cl2N2O4. The van der Waals surface area contributed by atoms with Gasteiger partial charge in [-0.1, -0.05) is 12.1 Å². The smallest absolute Gasteiger partial charge is 0.407 e. The Labute approximate surface area is 196 Å². The van der Waals surface area contributed by atoms with Crippen LogP contribution in [0.2, 0.25) is 0 Å². The van der Waals surface area contributed by atoms with Crippen molar-refractivity contribution in [3.05, 3.63) is 29.8 Å². The Morgan fingerprint density at radius 2 is 1.58 bits per heavy atom. The number of carbonyl (C=O) groups is 2. The Bertz CT molecular complexity index is 678. The molecule has 0 aliphatic carbocycles. The van der Waals surface area contributed by atoms with Gasteiger partial charge in [0.2, 0.25) is 0 Å². The van der Waals surface area contributed by atoms with Crippen molar-refractivity contribution < 1.29 is 19.1 Å². The number of alkyl carbamates (subject to hydrolysis) is 1. The fourth-order valence-corrected chi connectivity index (χ4v) is 3.38. The van der Waals surface area contributed by atoms with Gasteiger partial charge in [0.1, 0.15) is 11.2 Å². The molecule has 0 aromatic heterocycles. The molecule has 31 heavy (non-hydrogen) atoms. The SMILES string of the molecule is CC(C)(C)OC(=O)C[C@@H](Cc1cccc(N(CCCl)CCCl)c1)NC(=O)OC(C)(C)C. The van der Waals surface area contributed by atoms with Gasteiger partial charge < -0.3 is 19.7 Å². The zero-order valence-corrected chi connectivity index (χ0v) is 21.0. The van der Waals surface area contributed by atoms with Gasteiger partial charge in [0.05, 0.1) is 6.42 Å². The van der Waals surface area contributed by atoms with Crippen LogP contribution in [0.15, 0.2) is 24.3 Å². The first-order chi connectivity index (χ1) is 14.3. The second-order valence-corrected chi connectivity index (χ2v) is 10.1. The summed E-state index contributed by atoms with van der Waals surface area (Å²) in [5.41, 5.74) is 0.726. The minimum Gasteiger partial charge on any atom is -0.460 e. The van der Waals surface area contributed by atoms with E-state index < -0.39 is 23.3 Å². The second-order valence-electron chi connectivity index (χ2n) is 9.37. The standard InChI is InChI=1S/C23H36Cl2N2O4/c1-22(2,3)30-20(28)16-18(26-21(29)31-23(4,5)6)14-17-8-7-9-19(15-17)27(12-10-24)13-11-25/h7-9,15,18H,10-14,16H2,1-6H3,(H,26,29)/t18-/m1/s1. The molecule has 6 nitrogen and oxygen atoms in total. The van der Waals surface area contributed by atoms with E-state index in [4.69, 9.17) is 32.7 Å². The fourth-order valence-electron chi connectivity index (χ4n) is 2.97. The summed E-state index contributed by atoms with van der Waals surface area (Å²) >= 11 is 11.9. The van der Waals surface area contributed by atoms with Gasteiger partial charge in [0.25, 0.3) is 0 Å². The molecule has 0 heterocycles. The molecule has 0 saturated heterocycles. The highest BCUT2D eigenvalue weighted by atomic mass is 35.5. The summed E-state index contributed by atoms with van der Waals surface area (Å²) in [5, 5.41) is 2.82. The van der Waals surface area contributed by atoms with E-state index in [-0.39, 0.29) is 12.4 Å². The predicted molar refractivity (Wildman–Crippen MR) is 127 cm³/mol. The van der Waals surface area contributed by atoms with Crippen molar-refractivity contribution in [3.8, 4) is 0 Å². The van der Waals surface area contributed by atoms with Gasteiger partial charge in [0.15, 0.2) is 0 Å². The van der Waals surface area contributed by atoms with Crippen molar-refractivity contribution >= 4 is 41.0 Å². The van der Waals surface area contributed by atoms with Crippen molar-refractivity contribution in [1.29, 1.82) is 0 Å². The maximum Gasteiger partial charge on any atom is 0.407 e. The van der Waals surface area contributed by atoms with Crippen LogP contribution in [-0.4, -0.2) is 54.2 Å².